The van der Waals surface area contributed by atoms with Crippen molar-refractivity contribution in [1.29, 1.82) is 0 Å². The summed E-state index contributed by atoms with van der Waals surface area (Å²) in [6.45, 7) is 8.54. The van der Waals surface area contributed by atoms with Crippen LogP contribution in [0.3, 0.4) is 0 Å². The first kappa shape index (κ1) is 17.2. The molecule has 0 bridgehead atoms. The topological polar surface area (TPSA) is 55.1 Å². The third kappa shape index (κ3) is 4.67. The highest BCUT2D eigenvalue weighted by Gasteiger charge is 2.17. The van der Waals surface area contributed by atoms with Crippen molar-refractivity contribution >= 4 is 11.6 Å². The Morgan fingerprint density at radius 3 is 2.35 bits per heavy atom. The largest absolute Gasteiger partial charge is 0.324 e. The molecule has 0 aliphatic rings. The van der Waals surface area contributed by atoms with Gasteiger partial charge in [-0.05, 0) is 41.5 Å². The van der Waals surface area contributed by atoms with Crippen LogP contribution in [0.5, 0.6) is 0 Å². The molecule has 1 atom stereocenters. The standard InChI is InChI=1S/C20H26N2O/c1-14-12-16(20(2,3)4)10-11-18(14)22-19(23)17(21)13-15-8-6-5-7-9-15/h5-12,17H,13,21H2,1-4H3,(H,22,23)/t17-/m0/s1. The molecule has 3 nitrogen and oxygen atoms in total. The summed E-state index contributed by atoms with van der Waals surface area (Å²) in [5, 5.41) is 2.94. The summed E-state index contributed by atoms with van der Waals surface area (Å²) < 4.78 is 0. The van der Waals surface area contributed by atoms with Crippen molar-refractivity contribution in [2.45, 2.75) is 45.6 Å². The molecule has 0 aliphatic heterocycles. The van der Waals surface area contributed by atoms with Gasteiger partial charge in [0.05, 0.1) is 6.04 Å². The Bertz CT molecular complexity index is 672. The average molecular weight is 310 g/mol. The number of aryl methyl sites for hydroxylation is 1. The van der Waals surface area contributed by atoms with Crippen molar-refractivity contribution in [1.82, 2.24) is 0 Å². The quantitative estimate of drug-likeness (QED) is 0.902. The van der Waals surface area contributed by atoms with Crippen LogP contribution in [0.25, 0.3) is 0 Å². The third-order valence-corrected chi connectivity index (χ3v) is 3.99. The molecule has 2 rings (SSSR count). The normalized spacial score (nSPS) is 12.7. The van der Waals surface area contributed by atoms with Crippen LogP contribution in [0.1, 0.15) is 37.5 Å². The van der Waals surface area contributed by atoms with Gasteiger partial charge in [0.1, 0.15) is 0 Å². The molecule has 0 aliphatic carbocycles. The fourth-order valence-electron chi connectivity index (χ4n) is 2.46. The van der Waals surface area contributed by atoms with Gasteiger partial charge in [0.15, 0.2) is 0 Å². The highest BCUT2D eigenvalue weighted by Crippen LogP contribution is 2.26. The average Bonchev–Trinajstić information content (AvgIpc) is 2.49. The van der Waals surface area contributed by atoms with Gasteiger partial charge in [-0.2, -0.15) is 0 Å². The molecule has 0 heterocycles. The summed E-state index contributed by atoms with van der Waals surface area (Å²) >= 11 is 0. The Balaban J connectivity index is 2.05. The van der Waals surface area contributed by atoms with Crippen LogP contribution in [-0.4, -0.2) is 11.9 Å². The van der Waals surface area contributed by atoms with Crippen molar-refractivity contribution in [2.24, 2.45) is 5.73 Å². The van der Waals surface area contributed by atoms with E-state index in [9.17, 15) is 4.79 Å². The van der Waals surface area contributed by atoms with E-state index < -0.39 is 6.04 Å². The van der Waals surface area contributed by atoms with Gasteiger partial charge in [0.2, 0.25) is 5.91 Å². The number of hydrogen-bond acceptors (Lipinski definition) is 2. The Morgan fingerprint density at radius 1 is 1.13 bits per heavy atom. The minimum atomic E-state index is -0.556. The molecule has 3 N–H and O–H groups in total. The zero-order chi connectivity index (χ0) is 17.0. The SMILES string of the molecule is Cc1cc(C(C)(C)C)ccc1NC(=O)[C@@H](N)Cc1ccccc1. The van der Waals surface area contributed by atoms with Crippen molar-refractivity contribution in [3.63, 3.8) is 0 Å². The van der Waals surface area contributed by atoms with E-state index in [1.165, 1.54) is 5.56 Å². The maximum atomic E-state index is 12.3. The van der Waals surface area contributed by atoms with Crippen LogP contribution in [0.15, 0.2) is 48.5 Å². The van der Waals surface area contributed by atoms with Crippen molar-refractivity contribution in [2.75, 3.05) is 5.32 Å². The molecule has 0 saturated carbocycles. The number of hydrogen-bond donors (Lipinski definition) is 2. The molecule has 2 aromatic carbocycles. The minimum absolute atomic E-state index is 0.0943. The van der Waals surface area contributed by atoms with Crippen LogP contribution >= 0.6 is 0 Å². The van der Waals surface area contributed by atoms with E-state index in [1.54, 1.807) is 0 Å². The number of nitrogens with one attached hydrogen (secondary N) is 1. The van der Waals surface area contributed by atoms with E-state index in [2.05, 4.69) is 38.2 Å². The van der Waals surface area contributed by atoms with Crippen molar-refractivity contribution in [3.8, 4) is 0 Å². The Hall–Kier alpha value is -2.13. The fraction of sp³-hybridized carbons (Fsp3) is 0.350. The second-order valence-corrected chi connectivity index (χ2v) is 7.07. The lowest BCUT2D eigenvalue weighted by atomic mass is 9.86. The van der Waals surface area contributed by atoms with Gasteiger partial charge in [-0.15, -0.1) is 0 Å². The maximum Gasteiger partial charge on any atom is 0.241 e. The highest BCUT2D eigenvalue weighted by atomic mass is 16.2. The minimum Gasteiger partial charge on any atom is -0.324 e. The lowest BCUT2D eigenvalue weighted by molar-refractivity contribution is -0.117. The fourth-order valence-corrected chi connectivity index (χ4v) is 2.46. The molecule has 122 valence electrons. The first-order chi connectivity index (χ1) is 10.8. The first-order valence-corrected chi connectivity index (χ1v) is 7.99. The van der Waals surface area contributed by atoms with E-state index in [0.717, 1.165) is 16.8 Å². The number of benzene rings is 2. The summed E-state index contributed by atoms with van der Waals surface area (Å²) in [6, 6.07) is 15.4. The van der Waals surface area contributed by atoms with Gasteiger partial charge in [-0.3, -0.25) is 4.79 Å². The molecule has 0 unspecified atom stereocenters. The van der Waals surface area contributed by atoms with E-state index >= 15 is 0 Å². The molecule has 0 aromatic heterocycles. The predicted octanol–water partition coefficient (Wildman–Crippen LogP) is 3.80. The van der Waals surface area contributed by atoms with Gasteiger partial charge in [-0.25, -0.2) is 0 Å². The molecule has 3 heteroatoms. The van der Waals surface area contributed by atoms with Gasteiger partial charge in [0.25, 0.3) is 0 Å². The summed E-state index contributed by atoms with van der Waals surface area (Å²) in [4.78, 5) is 12.3. The number of nitrogens with two attached hydrogens (primary N) is 1. The molecular weight excluding hydrogens is 284 g/mol. The Labute approximate surface area is 138 Å². The van der Waals surface area contributed by atoms with Crippen LogP contribution < -0.4 is 11.1 Å². The molecule has 0 fully saturated rings. The van der Waals surface area contributed by atoms with Crippen LogP contribution in [-0.2, 0) is 16.6 Å². The predicted molar refractivity (Wildman–Crippen MR) is 96.6 cm³/mol. The van der Waals surface area contributed by atoms with Crippen LogP contribution in [0.2, 0.25) is 0 Å². The summed E-state index contributed by atoms with van der Waals surface area (Å²) in [5.74, 6) is -0.152. The maximum absolute atomic E-state index is 12.3. The Morgan fingerprint density at radius 2 is 1.78 bits per heavy atom. The number of carbonyl (C=O) groups excluding carboxylic acids is 1. The number of anilines is 1. The molecule has 0 radical (unpaired) electrons. The molecular formula is C20H26N2O. The monoisotopic (exact) mass is 310 g/mol. The smallest absolute Gasteiger partial charge is 0.241 e. The molecule has 0 saturated heterocycles. The van der Waals surface area contributed by atoms with Gasteiger partial charge in [0, 0.05) is 5.69 Å². The first-order valence-electron chi connectivity index (χ1n) is 7.99. The second-order valence-electron chi connectivity index (χ2n) is 7.07. The van der Waals surface area contributed by atoms with Crippen LogP contribution in [0.4, 0.5) is 5.69 Å². The number of rotatable bonds is 4. The van der Waals surface area contributed by atoms with Gasteiger partial charge >= 0.3 is 0 Å². The molecule has 1 amide bonds. The van der Waals surface area contributed by atoms with Crippen LogP contribution in [0, 0.1) is 6.92 Å². The van der Waals surface area contributed by atoms with E-state index in [-0.39, 0.29) is 11.3 Å². The molecule has 0 spiro atoms. The van der Waals surface area contributed by atoms with Gasteiger partial charge in [-0.1, -0.05) is 63.2 Å². The van der Waals surface area contributed by atoms with Crippen molar-refractivity contribution in [3.05, 3.63) is 65.2 Å². The van der Waals surface area contributed by atoms with Crippen molar-refractivity contribution < 1.29 is 4.79 Å². The van der Waals surface area contributed by atoms with E-state index in [1.807, 2.05) is 43.3 Å². The lowest BCUT2D eigenvalue weighted by Crippen LogP contribution is -2.37. The van der Waals surface area contributed by atoms with Gasteiger partial charge < -0.3 is 11.1 Å². The lowest BCUT2D eigenvalue weighted by Gasteiger charge is -2.21. The summed E-state index contributed by atoms with van der Waals surface area (Å²) in [7, 11) is 0. The molecule has 2 aromatic rings. The summed E-state index contributed by atoms with van der Waals surface area (Å²) in [5.41, 5.74) is 10.3. The number of carbonyl (C=O) groups is 1. The summed E-state index contributed by atoms with van der Waals surface area (Å²) in [6.07, 6.45) is 0.534. The zero-order valence-corrected chi connectivity index (χ0v) is 14.4. The zero-order valence-electron chi connectivity index (χ0n) is 14.4. The van der Waals surface area contributed by atoms with E-state index in [0.29, 0.717) is 6.42 Å². The number of amides is 1. The molecule has 23 heavy (non-hydrogen) atoms. The highest BCUT2D eigenvalue weighted by molar-refractivity contribution is 5.95. The Kier molecular flexibility index (Phi) is 5.22. The van der Waals surface area contributed by atoms with E-state index in [4.69, 9.17) is 5.73 Å². The third-order valence-electron chi connectivity index (χ3n) is 3.99. The second kappa shape index (κ2) is 6.97.